The quantitative estimate of drug-likeness (QED) is 0.892. The summed E-state index contributed by atoms with van der Waals surface area (Å²) in [5, 5.41) is 4.19. The minimum Gasteiger partial charge on any atom is -0.467 e. The largest absolute Gasteiger partial charge is 0.467 e. The second-order valence-electron chi connectivity index (χ2n) is 4.46. The topological polar surface area (TPSA) is 25.2 Å². The van der Waals surface area contributed by atoms with E-state index in [-0.39, 0.29) is 6.04 Å². The highest BCUT2D eigenvalue weighted by Crippen LogP contribution is 2.30. The molecule has 2 aromatic rings. The summed E-state index contributed by atoms with van der Waals surface area (Å²) in [5.41, 5.74) is 3.51. The molecule has 0 fully saturated rings. The van der Waals surface area contributed by atoms with E-state index in [0.29, 0.717) is 0 Å². The SMILES string of the molecule is CCNC(c1ccco1)c1cc(C)c(C)cc1Cl. The van der Waals surface area contributed by atoms with E-state index in [9.17, 15) is 0 Å². The highest BCUT2D eigenvalue weighted by Gasteiger charge is 2.19. The third-order valence-corrected chi connectivity index (χ3v) is 3.49. The highest BCUT2D eigenvalue weighted by atomic mass is 35.5. The Morgan fingerprint density at radius 3 is 2.61 bits per heavy atom. The molecule has 0 aliphatic rings. The van der Waals surface area contributed by atoms with E-state index in [2.05, 4.69) is 32.2 Å². The molecule has 1 atom stereocenters. The fourth-order valence-corrected chi connectivity index (χ4v) is 2.38. The Labute approximate surface area is 113 Å². The van der Waals surface area contributed by atoms with Crippen molar-refractivity contribution in [3.05, 3.63) is 58.0 Å². The fourth-order valence-electron chi connectivity index (χ4n) is 2.05. The van der Waals surface area contributed by atoms with Gasteiger partial charge in [0.05, 0.1) is 12.3 Å². The molecule has 0 amide bonds. The molecule has 3 heteroatoms. The third-order valence-electron chi connectivity index (χ3n) is 3.16. The summed E-state index contributed by atoms with van der Waals surface area (Å²) in [6.45, 7) is 7.10. The van der Waals surface area contributed by atoms with Gasteiger partial charge in [-0.05, 0) is 55.3 Å². The summed E-state index contributed by atoms with van der Waals surface area (Å²) >= 11 is 6.37. The zero-order chi connectivity index (χ0) is 13.1. The van der Waals surface area contributed by atoms with Gasteiger partial charge in [0.1, 0.15) is 5.76 Å². The van der Waals surface area contributed by atoms with Crippen molar-refractivity contribution < 1.29 is 4.42 Å². The number of furan rings is 1. The van der Waals surface area contributed by atoms with Gasteiger partial charge >= 0.3 is 0 Å². The van der Waals surface area contributed by atoms with E-state index in [4.69, 9.17) is 16.0 Å². The van der Waals surface area contributed by atoms with Crippen LogP contribution < -0.4 is 5.32 Å². The van der Waals surface area contributed by atoms with E-state index < -0.39 is 0 Å². The van der Waals surface area contributed by atoms with Gasteiger partial charge < -0.3 is 9.73 Å². The third kappa shape index (κ3) is 2.60. The predicted octanol–water partition coefficient (Wildman–Crippen LogP) is 4.25. The Balaban J connectivity index is 2.46. The number of hydrogen-bond acceptors (Lipinski definition) is 2. The molecule has 1 unspecified atom stereocenters. The summed E-state index contributed by atoms with van der Waals surface area (Å²) < 4.78 is 5.51. The van der Waals surface area contributed by atoms with Crippen LogP contribution in [-0.4, -0.2) is 6.54 Å². The van der Waals surface area contributed by atoms with Crippen molar-refractivity contribution in [2.45, 2.75) is 26.8 Å². The lowest BCUT2D eigenvalue weighted by Crippen LogP contribution is -2.22. The van der Waals surface area contributed by atoms with Crippen molar-refractivity contribution in [3.8, 4) is 0 Å². The van der Waals surface area contributed by atoms with Crippen LogP contribution >= 0.6 is 11.6 Å². The monoisotopic (exact) mass is 263 g/mol. The van der Waals surface area contributed by atoms with Crippen LogP contribution in [0.15, 0.2) is 34.9 Å². The Bertz CT molecular complexity index is 520. The van der Waals surface area contributed by atoms with Gasteiger partial charge in [-0.15, -0.1) is 0 Å². The number of halogens is 1. The van der Waals surface area contributed by atoms with Crippen molar-refractivity contribution in [1.29, 1.82) is 0 Å². The van der Waals surface area contributed by atoms with Crippen molar-refractivity contribution in [1.82, 2.24) is 5.32 Å². The molecule has 1 aromatic carbocycles. The summed E-state index contributed by atoms with van der Waals surface area (Å²) in [7, 11) is 0. The second kappa shape index (κ2) is 5.59. The van der Waals surface area contributed by atoms with Gasteiger partial charge in [-0.1, -0.05) is 24.6 Å². The lowest BCUT2D eigenvalue weighted by molar-refractivity contribution is 0.452. The molecule has 1 heterocycles. The Morgan fingerprint density at radius 2 is 2.00 bits per heavy atom. The Hall–Kier alpha value is -1.25. The first-order chi connectivity index (χ1) is 8.63. The second-order valence-corrected chi connectivity index (χ2v) is 4.87. The molecule has 0 spiro atoms. The molecule has 2 nitrogen and oxygen atoms in total. The smallest absolute Gasteiger partial charge is 0.125 e. The first-order valence-electron chi connectivity index (χ1n) is 6.17. The van der Waals surface area contributed by atoms with Crippen molar-refractivity contribution in [2.24, 2.45) is 0 Å². The van der Waals surface area contributed by atoms with Crippen LogP contribution in [0, 0.1) is 13.8 Å². The Morgan fingerprint density at radius 1 is 1.28 bits per heavy atom. The number of benzene rings is 1. The average molecular weight is 264 g/mol. The highest BCUT2D eigenvalue weighted by molar-refractivity contribution is 6.31. The molecule has 1 aromatic heterocycles. The van der Waals surface area contributed by atoms with Crippen LogP contribution in [0.4, 0.5) is 0 Å². The lowest BCUT2D eigenvalue weighted by Gasteiger charge is -2.19. The minimum atomic E-state index is 0.0109. The van der Waals surface area contributed by atoms with Crippen molar-refractivity contribution >= 4 is 11.6 Å². The van der Waals surface area contributed by atoms with Gasteiger partial charge in [-0.3, -0.25) is 0 Å². The van der Waals surface area contributed by atoms with Crippen LogP contribution in [0.5, 0.6) is 0 Å². The average Bonchev–Trinajstić information content (AvgIpc) is 2.85. The zero-order valence-electron chi connectivity index (χ0n) is 11.0. The molecule has 0 saturated carbocycles. The summed E-state index contributed by atoms with van der Waals surface area (Å²) in [4.78, 5) is 0. The number of hydrogen-bond donors (Lipinski definition) is 1. The molecular weight excluding hydrogens is 246 g/mol. The standard InChI is InChI=1S/C15H18ClNO/c1-4-17-15(14-6-5-7-18-14)12-8-10(2)11(3)9-13(12)16/h5-9,15,17H,4H2,1-3H3. The van der Waals surface area contributed by atoms with E-state index in [1.807, 2.05) is 18.2 Å². The number of aryl methyl sites for hydroxylation is 2. The van der Waals surface area contributed by atoms with Gasteiger partial charge in [0.15, 0.2) is 0 Å². The molecule has 0 bridgehead atoms. The van der Waals surface area contributed by atoms with Gasteiger partial charge in [-0.25, -0.2) is 0 Å². The normalized spacial score (nSPS) is 12.7. The maximum Gasteiger partial charge on any atom is 0.125 e. The van der Waals surface area contributed by atoms with E-state index >= 15 is 0 Å². The van der Waals surface area contributed by atoms with E-state index in [0.717, 1.165) is 22.9 Å². The first kappa shape index (κ1) is 13.2. The molecule has 18 heavy (non-hydrogen) atoms. The predicted molar refractivity (Wildman–Crippen MR) is 75.2 cm³/mol. The van der Waals surface area contributed by atoms with Gasteiger partial charge in [0, 0.05) is 5.02 Å². The molecule has 0 aliphatic heterocycles. The molecule has 1 N–H and O–H groups in total. The lowest BCUT2D eigenvalue weighted by atomic mass is 9.99. The van der Waals surface area contributed by atoms with E-state index in [1.54, 1.807) is 6.26 Å². The summed E-state index contributed by atoms with van der Waals surface area (Å²) in [5.74, 6) is 0.891. The maximum absolute atomic E-state index is 6.37. The number of rotatable bonds is 4. The van der Waals surface area contributed by atoms with Gasteiger partial charge in [0.25, 0.3) is 0 Å². The van der Waals surface area contributed by atoms with Crippen LogP contribution in [0.25, 0.3) is 0 Å². The molecule has 0 saturated heterocycles. The molecular formula is C15H18ClNO. The molecule has 0 radical (unpaired) electrons. The molecule has 0 aliphatic carbocycles. The fraction of sp³-hybridized carbons (Fsp3) is 0.333. The van der Waals surface area contributed by atoms with Crippen LogP contribution in [0.1, 0.15) is 35.4 Å². The Kier molecular flexibility index (Phi) is 4.10. The zero-order valence-corrected chi connectivity index (χ0v) is 11.7. The molecule has 96 valence electrons. The maximum atomic E-state index is 6.37. The minimum absolute atomic E-state index is 0.0109. The van der Waals surface area contributed by atoms with Crippen LogP contribution in [0.2, 0.25) is 5.02 Å². The van der Waals surface area contributed by atoms with E-state index in [1.165, 1.54) is 11.1 Å². The van der Waals surface area contributed by atoms with Crippen LogP contribution in [0.3, 0.4) is 0 Å². The van der Waals surface area contributed by atoms with Crippen LogP contribution in [-0.2, 0) is 0 Å². The van der Waals surface area contributed by atoms with Gasteiger partial charge in [-0.2, -0.15) is 0 Å². The first-order valence-corrected chi connectivity index (χ1v) is 6.54. The van der Waals surface area contributed by atoms with Gasteiger partial charge in [0.2, 0.25) is 0 Å². The number of nitrogens with one attached hydrogen (secondary N) is 1. The summed E-state index contributed by atoms with van der Waals surface area (Å²) in [6, 6.07) is 8.03. The summed E-state index contributed by atoms with van der Waals surface area (Å²) in [6.07, 6.45) is 1.69. The van der Waals surface area contributed by atoms with Crippen molar-refractivity contribution in [2.75, 3.05) is 6.54 Å². The van der Waals surface area contributed by atoms with Crippen molar-refractivity contribution in [3.63, 3.8) is 0 Å². The molecule has 2 rings (SSSR count).